The first-order chi connectivity index (χ1) is 7.99. The molecule has 1 heterocycles. The van der Waals surface area contributed by atoms with Crippen molar-refractivity contribution in [2.45, 2.75) is 40.0 Å². The van der Waals surface area contributed by atoms with Crippen molar-refractivity contribution in [1.82, 2.24) is 4.90 Å². The van der Waals surface area contributed by atoms with Gasteiger partial charge in [0.2, 0.25) is 5.91 Å². The van der Waals surface area contributed by atoms with Gasteiger partial charge in [0.15, 0.2) is 0 Å². The van der Waals surface area contributed by atoms with Crippen LogP contribution in [-0.2, 0) is 14.4 Å². The molecule has 0 fully saturated rings. The van der Waals surface area contributed by atoms with Gasteiger partial charge in [0, 0.05) is 24.8 Å². The summed E-state index contributed by atoms with van der Waals surface area (Å²) in [5, 5.41) is 0. The van der Waals surface area contributed by atoms with Crippen LogP contribution in [0.15, 0.2) is 11.6 Å². The third-order valence-corrected chi connectivity index (χ3v) is 3.02. The summed E-state index contributed by atoms with van der Waals surface area (Å²) in [5.41, 5.74) is 0.889. The maximum Gasteiger partial charge on any atom is 0.253 e. The lowest BCUT2D eigenvalue weighted by atomic mass is 9.97. The Morgan fingerprint density at radius 1 is 1.41 bits per heavy atom. The van der Waals surface area contributed by atoms with Gasteiger partial charge in [-0.25, -0.2) is 0 Å². The fourth-order valence-corrected chi connectivity index (χ4v) is 1.89. The number of hydrogen-bond donors (Lipinski definition) is 0. The van der Waals surface area contributed by atoms with Gasteiger partial charge in [0.1, 0.15) is 5.78 Å². The average Bonchev–Trinajstić information content (AvgIpc) is 2.64. The molecular formula is C13H19NO3. The Morgan fingerprint density at radius 3 is 2.47 bits per heavy atom. The molecule has 0 radical (unpaired) electrons. The van der Waals surface area contributed by atoms with Crippen LogP contribution in [0.1, 0.15) is 40.0 Å². The minimum atomic E-state index is -0.356. The van der Waals surface area contributed by atoms with E-state index in [2.05, 4.69) is 0 Å². The highest BCUT2D eigenvalue weighted by atomic mass is 16.2. The van der Waals surface area contributed by atoms with Crippen molar-refractivity contribution in [3.8, 4) is 0 Å². The van der Waals surface area contributed by atoms with E-state index in [1.807, 2.05) is 13.8 Å². The molecule has 4 nitrogen and oxygen atoms in total. The van der Waals surface area contributed by atoms with E-state index in [1.54, 1.807) is 6.92 Å². The maximum absolute atomic E-state index is 12.1. The number of nitrogens with zero attached hydrogens (tertiary/aromatic N) is 1. The Bertz CT molecular complexity index is 371. The molecule has 1 atom stereocenters. The van der Waals surface area contributed by atoms with Gasteiger partial charge in [-0.15, -0.1) is 0 Å². The van der Waals surface area contributed by atoms with E-state index in [0.29, 0.717) is 19.4 Å². The molecule has 0 aliphatic carbocycles. The van der Waals surface area contributed by atoms with Gasteiger partial charge in [0.25, 0.3) is 5.91 Å². The molecule has 1 aliphatic heterocycles. The Morgan fingerprint density at radius 2 is 2.06 bits per heavy atom. The molecule has 4 heteroatoms. The van der Waals surface area contributed by atoms with Crippen molar-refractivity contribution in [3.05, 3.63) is 11.6 Å². The summed E-state index contributed by atoms with van der Waals surface area (Å²) >= 11 is 0. The number of carbonyl (C=O) groups is 3. The Kier molecular flexibility index (Phi) is 4.61. The number of Topliss-reactive ketones (excluding diaryl/α,β-unsaturated/α-hetero) is 1. The van der Waals surface area contributed by atoms with Crippen molar-refractivity contribution in [2.24, 2.45) is 5.92 Å². The summed E-state index contributed by atoms with van der Waals surface area (Å²) in [4.78, 5) is 36.3. The van der Waals surface area contributed by atoms with Crippen LogP contribution in [0.25, 0.3) is 0 Å². The lowest BCUT2D eigenvalue weighted by Gasteiger charge is -2.20. The van der Waals surface area contributed by atoms with Crippen LogP contribution in [0.2, 0.25) is 0 Å². The molecule has 0 saturated heterocycles. The van der Waals surface area contributed by atoms with E-state index in [9.17, 15) is 14.4 Å². The predicted molar refractivity (Wildman–Crippen MR) is 64.2 cm³/mol. The van der Waals surface area contributed by atoms with Gasteiger partial charge in [-0.1, -0.05) is 13.8 Å². The van der Waals surface area contributed by atoms with Crippen molar-refractivity contribution in [2.75, 3.05) is 6.54 Å². The second-order valence-electron chi connectivity index (χ2n) is 4.45. The van der Waals surface area contributed by atoms with Gasteiger partial charge in [-0.2, -0.15) is 0 Å². The van der Waals surface area contributed by atoms with Crippen LogP contribution in [0.5, 0.6) is 0 Å². The molecule has 2 amide bonds. The fraction of sp³-hybridized carbons (Fsp3) is 0.615. The van der Waals surface area contributed by atoms with Crippen LogP contribution >= 0.6 is 0 Å². The molecule has 94 valence electrons. The fourth-order valence-electron chi connectivity index (χ4n) is 1.89. The van der Waals surface area contributed by atoms with Crippen molar-refractivity contribution < 1.29 is 14.4 Å². The predicted octanol–water partition coefficient (Wildman–Crippen LogP) is 1.70. The molecule has 0 saturated carbocycles. The van der Waals surface area contributed by atoms with Crippen molar-refractivity contribution >= 4 is 17.6 Å². The maximum atomic E-state index is 12.1. The number of hydrogen-bond acceptors (Lipinski definition) is 3. The highest BCUT2D eigenvalue weighted by Gasteiger charge is 2.31. The number of ketones is 1. The van der Waals surface area contributed by atoms with E-state index in [0.717, 1.165) is 5.57 Å². The minimum Gasteiger partial charge on any atom is -0.300 e. The van der Waals surface area contributed by atoms with Crippen LogP contribution in [0.4, 0.5) is 0 Å². The zero-order chi connectivity index (χ0) is 13.0. The van der Waals surface area contributed by atoms with Gasteiger partial charge < -0.3 is 0 Å². The molecule has 1 rings (SSSR count). The van der Waals surface area contributed by atoms with Crippen LogP contribution in [-0.4, -0.2) is 29.0 Å². The van der Waals surface area contributed by atoms with Gasteiger partial charge in [-0.3, -0.25) is 19.3 Å². The summed E-state index contributed by atoms with van der Waals surface area (Å²) in [6, 6.07) is 0. The van der Waals surface area contributed by atoms with E-state index >= 15 is 0 Å². The summed E-state index contributed by atoms with van der Waals surface area (Å²) in [6.07, 6.45) is 2.75. The number of rotatable bonds is 5. The van der Waals surface area contributed by atoms with E-state index < -0.39 is 0 Å². The third-order valence-electron chi connectivity index (χ3n) is 3.02. The molecule has 0 bridgehead atoms. The molecule has 0 aromatic heterocycles. The summed E-state index contributed by atoms with van der Waals surface area (Å²) in [5.74, 6) is -0.755. The molecule has 0 aromatic carbocycles. The zero-order valence-corrected chi connectivity index (χ0v) is 10.7. The normalized spacial score (nSPS) is 17.0. The molecular weight excluding hydrogens is 218 g/mol. The zero-order valence-electron chi connectivity index (χ0n) is 10.7. The van der Waals surface area contributed by atoms with E-state index in [-0.39, 0.29) is 29.9 Å². The van der Waals surface area contributed by atoms with Gasteiger partial charge >= 0.3 is 0 Å². The van der Waals surface area contributed by atoms with E-state index in [4.69, 9.17) is 0 Å². The van der Waals surface area contributed by atoms with Crippen LogP contribution < -0.4 is 0 Å². The summed E-state index contributed by atoms with van der Waals surface area (Å²) < 4.78 is 0. The topological polar surface area (TPSA) is 54.5 Å². The molecule has 0 spiro atoms. The first-order valence-electron chi connectivity index (χ1n) is 6.03. The highest BCUT2D eigenvalue weighted by Crippen LogP contribution is 2.18. The molecule has 0 aromatic rings. The Labute approximate surface area is 102 Å². The lowest BCUT2D eigenvalue weighted by molar-refractivity contribution is -0.145. The minimum absolute atomic E-state index is 0.0709. The smallest absolute Gasteiger partial charge is 0.253 e. The molecule has 1 aliphatic rings. The second kappa shape index (κ2) is 5.75. The molecule has 1 unspecified atom stereocenters. The standard InChI is InChI=1S/C13H19NO3/c1-4-10(7-11(15)5-2)13(17)14-8-9(3)6-12(14)16/h6,10H,4-5,7-8H2,1-3H3. The summed E-state index contributed by atoms with van der Waals surface area (Å²) in [6.45, 7) is 5.84. The lowest BCUT2D eigenvalue weighted by Crippen LogP contribution is -2.38. The average molecular weight is 237 g/mol. The largest absolute Gasteiger partial charge is 0.300 e. The highest BCUT2D eigenvalue weighted by molar-refractivity contribution is 6.05. The quantitative estimate of drug-likeness (QED) is 0.731. The monoisotopic (exact) mass is 237 g/mol. The third kappa shape index (κ3) is 3.25. The van der Waals surface area contributed by atoms with E-state index in [1.165, 1.54) is 11.0 Å². The number of imide groups is 1. The second-order valence-corrected chi connectivity index (χ2v) is 4.45. The Balaban J connectivity index is 2.68. The first-order valence-corrected chi connectivity index (χ1v) is 6.03. The SMILES string of the molecule is CCC(=O)CC(CC)C(=O)N1CC(C)=CC1=O. The van der Waals surface area contributed by atoms with Crippen LogP contribution in [0.3, 0.4) is 0 Å². The molecule has 17 heavy (non-hydrogen) atoms. The van der Waals surface area contributed by atoms with Crippen molar-refractivity contribution in [1.29, 1.82) is 0 Å². The van der Waals surface area contributed by atoms with Crippen molar-refractivity contribution in [3.63, 3.8) is 0 Å². The Hall–Kier alpha value is -1.45. The number of amides is 2. The first kappa shape index (κ1) is 13.6. The van der Waals surface area contributed by atoms with Gasteiger partial charge in [0.05, 0.1) is 6.54 Å². The van der Waals surface area contributed by atoms with Crippen LogP contribution in [0, 0.1) is 5.92 Å². The number of carbonyl (C=O) groups excluding carboxylic acids is 3. The summed E-state index contributed by atoms with van der Waals surface area (Å²) in [7, 11) is 0. The molecule has 0 N–H and O–H groups in total. The van der Waals surface area contributed by atoms with Gasteiger partial charge in [-0.05, 0) is 18.9 Å².